The summed E-state index contributed by atoms with van der Waals surface area (Å²) in [6.45, 7) is 0.666. The molecule has 21 heavy (non-hydrogen) atoms. The highest BCUT2D eigenvalue weighted by Crippen LogP contribution is 2.28. The Balaban J connectivity index is 2.62. The van der Waals surface area contributed by atoms with Crippen molar-refractivity contribution in [3.8, 4) is 11.5 Å². The van der Waals surface area contributed by atoms with Gasteiger partial charge in [0.25, 0.3) is 0 Å². The zero-order valence-electron chi connectivity index (χ0n) is 11.5. The number of benzene rings is 1. The number of carbonyl (C=O) groups is 3. The molecule has 0 saturated heterocycles. The Morgan fingerprint density at radius 2 is 1.95 bits per heavy atom. The molecule has 0 bridgehead atoms. The molecule has 0 aliphatic rings. The normalized spacial score (nSPS) is 9.62. The number of carbonyl (C=O) groups excluding carboxylic acids is 2. The maximum Gasteiger partial charge on any atom is 0.407 e. The molecule has 0 radical (unpaired) electrons. The van der Waals surface area contributed by atoms with Gasteiger partial charge in [-0.1, -0.05) is 6.07 Å². The lowest BCUT2D eigenvalue weighted by Gasteiger charge is -2.10. The summed E-state index contributed by atoms with van der Waals surface area (Å²) in [4.78, 5) is 32.4. The predicted molar refractivity (Wildman–Crippen MR) is 70.1 cm³/mol. The van der Waals surface area contributed by atoms with Crippen LogP contribution in [0, 0.1) is 0 Å². The second kappa shape index (κ2) is 7.73. The van der Waals surface area contributed by atoms with Gasteiger partial charge < -0.3 is 24.6 Å². The summed E-state index contributed by atoms with van der Waals surface area (Å²) in [5, 5.41) is 10.4. The van der Waals surface area contributed by atoms with E-state index in [1.54, 1.807) is 12.1 Å². The number of hydrogen-bond acceptors (Lipinski definition) is 6. The third-order valence-electron chi connectivity index (χ3n) is 2.24. The van der Waals surface area contributed by atoms with Crippen LogP contribution < -0.4 is 14.8 Å². The van der Waals surface area contributed by atoms with Gasteiger partial charge in [-0.05, 0) is 17.7 Å². The Kier molecular flexibility index (Phi) is 5.99. The number of hydrogen-bond donors (Lipinski definition) is 2. The van der Waals surface area contributed by atoms with Gasteiger partial charge in [-0.2, -0.15) is 0 Å². The van der Waals surface area contributed by atoms with Crippen molar-refractivity contribution in [2.45, 2.75) is 13.5 Å². The van der Waals surface area contributed by atoms with Gasteiger partial charge in [-0.25, -0.2) is 4.79 Å². The van der Waals surface area contributed by atoms with Crippen LogP contribution in [0.4, 0.5) is 4.79 Å². The van der Waals surface area contributed by atoms with E-state index in [4.69, 9.17) is 19.3 Å². The third-order valence-corrected chi connectivity index (χ3v) is 2.24. The van der Waals surface area contributed by atoms with E-state index in [9.17, 15) is 14.4 Å². The molecule has 0 unspecified atom stereocenters. The molecule has 1 aromatic rings. The molecule has 1 rings (SSSR count). The molecule has 8 nitrogen and oxygen atoms in total. The van der Waals surface area contributed by atoms with Crippen LogP contribution in [0.15, 0.2) is 18.2 Å². The van der Waals surface area contributed by atoms with Crippen molar-refractivity contribution < 1.29 is 33.7 Å². The van der Waals surface area contributed by atoms with E-state index in [1.165, 1.54) is 20.1 Å². The van der Waals surface area contributed by atoms with E-state index >= 15 is 0 Å². The van der Waals surface area contributed by atoms with Crippen molar-refractivity contribution >= 4 is 18.0 Å². The van der Waals surface area contributed by atoms with Crippen LogP contribution in [0.1, 0.15) is 12.5 Å². The molecule has 0 heterocycles. The lowest BCUT2D eigenvalue weighted by Crippen LogP contribution is -2.29. The highest BCUT2D eigenvalue weighted by molar-refractivity contribution is 5.76. The average molecular weight is 297 g/mol. The quantitative estimate of drug-likeness (QED) is 0.593. The molecule has 0 saturated carbocycles. The fourth-order valence-corrected chi connectivity index (χ4v) is 1.39. The number of amides is 1. The monoisotopic (exact) mass is 297 g/mol. The first kappa shape index (κ1) is 16.3. The Labute approximate surface area is 120 Å². The summed E-state index contributed by atoms with van der Waals surface area (Å²) in [6, 6.07) is 4.64. The van der Waals surface area contributed by atoms with Crippen LogP contribution in [-0.4, -0.2) is 36.8 Å². The van der Waals surface area contributed by atoms with Crippen LogP contribution in [0.5, 0.6) is 11.5 Å². The first-order valence-corrected chi connectivity index (χ1v) is 5.90. The van der Waals surface area contributed by atoms with E-state index in [-0.39, 0.29) is 12.4 Å². The molecule has 0 aliphatic heterocycles. The Morgan fingerprint density at radius 1 is 1.24 bits per heavy atom. The van der Waals surface area contributed by atoms with E-state index in [2.05, 4.69) is 5.32 Å². The molecule has 0 atom stereocenters. The van der Waals surface area contributed by atoms with E-state index < -0.39 is 24.6 Å². The Bertz CT molecular complexity index is 541. The minimum absolute atomic E-state index is 0.0812. The van der Waals surface area contributed by atoms with Gasteiger partial charge in [-0.3, -0.25) is 9.59 Å². The number of nitrogens with one attached hydrogen (secondary N) is 1. The maximum atomic E-state index is 11.2. The number of aliphatic carboxylic acids is 1. The fraction of sp³-hybridized carbons (Fsp3) is 0.308. The molecule has 1 aromatic carbocycles. The average Bonchev–Trinajstić information content (AvgIpc) is 2.43. The van der Waals surface area contributed by atoms with Crippen molar-refractivity contribution in [3.05, 3.63) is 23.8 Å². The van der Waals surface area contributed by atoms with Gasteiger partial charge in [0, 0.05) is 6.92 Å². The lowest BCUT2D eigenvalue weighted by atomic mass is 10.2. The second-order valence-electron chi connectivity index (χ2n) is 3.90. The number of carboxylic acid groups (broad SMARTS) is 1. The molecule has 0 aliphatic carbocycles. The number of ether oxygens (including phenoxy) is 3. The van der Waals surface area contributed by atoms with Gasteiger partial charge >= 0.3 is 18.0 Å². The zero-order valence-corrected chi connectivity index (χ0v) is 11.5. The van der Waals surface area contributed by atoms with Gasteiger partial charge in [0.05, 0.1) is 7.11 Å². The summed E-state index contributed by atoms with van der Waals surface area (Å²) in [6.07, 6.45) is -0.847. The Hall–Kier alpha value is -2.77. The minimum Gasteiger partial charge on any atom is -0.493 e. The Morgan fingerprint density at radius 3 is 2.52 bits per heavy atom. The van der Waals surface area contributed by atoms with Crippen molar-refractivity contribution in [1.82, 2.24) is 5.32 Å². The number of alkyl carbamates (subject to hydrolysis) is 1. The zero-order chi connectivity index (χ0) is 15.8. The molecule has 114 valence electrons. The first-order valence-electron chi connectivity index (χ1n) is 5.90. The van der Waals surface area contributed by atoms with E-state index in [0.717, 1.165) is 0 Å². The predicted octanol–water partition coefficient (Wildman–Crippen LogP) is 0.931. The molecular formula is C13H15NO7. The van der Waals surface area contributed by atoms with Crippen molar-refractivity contribution in [1.29, 1.82) is 0 Å². The molecule has 0 spiro atoms. The first-order chi connectivity index (χ1) is 9.92. The number of carboxylic acids is 1. The van der Waals surface area contributed by atoms with Gasteiger partial charge in [0.2, 0.25) is 0 Å². The standard InChI is InChI=1S/C13H15NO7/c1-8(15)21-10-4-3-9(5-11(10)19-2)7-20-13(18)14-6-12(16)17/h3-5H,6-7H2,1-2H3,(H,14,18)(H,16,17). The summed E-state index contributed by atoms with van der Waals surface area (Å²) < 4.78 is 14.8. The molecule has 0 aromatic heterocycles. The third kappa shape index (κ3) is 5.81. The smallest absolute Gasteiger partial charge is 0.407 e. The molecule has 0 fully saturated rings. The van der Waals surface area contributed by atoms with Gasteiger partial charge in [0.1, 0.15) is 13.2 Å². The van der Waals surface area contributed by atoms with Crippen molar-refractivity contribution in [3.63, 3.8) is 0 Å². The number of esters is 1. The van der Waals surface area contributed by atoms with Gasteiger partial charge in [-0.15, -0.1) is 0 Å². The fourth-order valence-electron chi connectivity index (χ4n) is 1.39. The molecule has 2 N–H and O–H groups in total. The van der Waals surface area contributed by atoms with Crippen LogP contribution in [-0.2, 0) is 20.9 Å². The number of methoxy groups -OCH3 is 1. The summed E-state index contributed by atoms with van der Waals surface area (Å²) in [5.41, 5.74) is 0.591. The van der Waals surface area contributed by atoms with Crippen LogP contribution in [0.3, 0.4) is 0 Å². The highest BCUT2D eigenvalue weighted by Gasteiger charge is 2.10. The second-order valence-corrected chi connectivity index (χ2v) is 3.90. The van der Waals surface area contributed by atoms with Crippen LogP contribution in [0.2, 0.25) is 0 Å². The summed E-state index contributed by atoms with van der Waals surface area (Å²) >= 11 is 0. The lowest BCUT2D eigenvalue weighted by molar-refractivity contribution is -0.136. The van der Waals surface area contributed by atoms with Crippen molar-refractivity contribution in [2.75, 3.05) is 13.7 Å². The summed E-state index contributed by atoms with van der Waals surface area (Å²) in [7, 11) is 1.41. The molecular weight excluding hydrogens is 282 g/mol. The largest absolute Gasteiger partial charge is 0.493 e. The van der Waals surface area contributed by atoms with Crippen LogP contribution >= 0.6 is 0 Å². The van der Waals surface area contributed by atoms with Gasteiger partial charge in [0.15, 0.2) is 11.5 Å². The molecule has 1 amide bonds. The van der Waals surface area contributed by atoms with Crippen molar-refractivity contribution in [2.24, 2.45) is 0 Å². The van der Waals surface area contributed by atoms with E-state index in [0.29, 0.717) is 11.3 Å². The highest BCUT2D eigenvalue weighted by atomic mass is 16.6. The van der Waals surface area contributed by atoms with E-state index in [1.807, 2.05) is 0 Å². The SMILES string of the molecule is COc1cc(COC(=O)NCC(=O)O)ccc1OC(C)=O. The number of rotatable bonds is 6. The summed E-state index contributed by atoms with van der Waals surface area (Å²) in [5.74, 6) is -1.08. The topological polar surface area (TPSA) is 111 Å². The minimum atomic E-state index is -1.17. The van der Waals surface area contributed by atoms with Crippen LogP contribution in [0.25, 0.3) is 0 Å². The maximum absolute atomic E-state index is 11.2. The molecule has 8 heteroatoms.